The number of hydrogen-bond donors (Lipinski definition) is 2. The number of nitrogens with one attached hydrogen (secondary N) is 2. The van der Waals surface area contributed by atoms with Crippen molar-refractivity contribution in [2.24, 2.45) is 17.8 Å². The Morgan fingerprint density at radius 1 is 1.11 bits per heavy atom. The standard InChI is InChI=1S/C14H23N3O2/c18-12(17-7-5-15-6-8-17)9-16-14(19)13-10-3-1-2-4-11(10)13/h10-11,13,15H,1-9H2,(H,16,19). The lowest BCUT2D eigenvalue weighted by molar-refractivity contribution is -0.133. The Morgan fingerprint density at radius 2 is 1.74 bits per heavy atom. The van der Waals surface area contributed by atoms with E-state index in [0.717, 1.165) is 26.2 Å². The van der Waals surface area contributed by atoms with Gasteiger partial charge < -0.3 is 15.5 Å². The summed E-state index contributed by atoms with van der Waals surface area (Å²) >= 11 is 0. The average Bonchev–Trinajstić information content (AvgIpc) is 3.19. The van der Waals surface area contributed by atoms with Crippen LogP contribution in [0.5, 0.6) is 0 Å². The van der Waals surface area contributed by atoms with E-state index < -0.39 is 0 Å². The molecule has 2 unspecified atom stereocenters. The van der Waals surface area contributed by atoms with Crippen LogP contribution in [0.15, 0.2) is 0 Å². The molecule has 0 aromatic heterocycles. The molecule has 0 aromatic rings. The van der Waals surface area contributed by atoms with Crippen LogP contribution in [0.1, 0.15) is 25.7 Å². The average molecular weight is 265 g/mol. The summed E-state index contributed by atoms with van der Waals surface area (Å²) in [7, 11) is 0. The summed E-state index contributed by atoms with van der Waals surface area (Å²) in [5, 5.41) is 6.06. The second kappa shape index (κ2) is 5.49. The molecule has 3 fully saturated rings. The predicted molar refractivity (Wildman–Crippen MR) is 71.4 cm³/mol. The molecule has 1 saturated heterocycles. The van der Waals surface area contributed by atoms with Gasteiger partial charge in [-0.05, 0) is 24.7 Å². The first kappa shape index (κ1) is 12.9. The zero-order valence-electron chi connectivity index (χ0n) is 11.4. The van der Waals surface area contributed by atoms with Crippen LogP contribution in [-0.2, 0) is 9.59 Å². The maximum Gasteiger partial charge on any atom is 0.242 e. The zero-order valence-corrected chi connectivity index (χ0v) is 11.4. The first-order chi connectivity index (χ1) is 9.27. The third-order valence-electron chi connectivity index (χ3n) is 4.84. The van der Waals surface area contributed by atoms with Crippen molar-refractivity contribution in [3.63, 3.8) is 0 Å². The maximum absolute atomic E-state index is 12.1. The highest BCUT2D eigenvalue weighted by Crippen LogP contribution is 2.55. The number of rotatable bonds is 3. The Hall–Kier alpha value is -1.10. The number of hydrogen-bond acceptors (Lipinski definition) is 3. The van der Waals surface area contributed by atoms with E-state index in [1.807, 2.05) is 4.90 Å². The first-order valence-electron chi connectivity index (χ1n) is 7.53. The fourth-order valence-corrected chi connectivity index (χ4v) is 3.69. The lowest BCUT2D eigenvalue weighted by atomic mass is 10.0. The molecule has 3 rings (SSSR count). The van der Waals surface area contributed by atoms with Gasteiger partial charge in [-0.2, -0.15) is 0 Å². The van der Waals surface area contributed by atoms with Gasteiger partial charge in [-0.1, -0.05) is 12.8 Å². The van der Waals surface area contributed by atoms with E-state index in [-0.39, 0.29) is 24.3 Å². The minimum Gasteiger partial charge on any atom is -0.347 e. The van der Waals surface area contributed by atoms with E-state index in [4.69, 9.17) is 0 Å². The number of carbonyl (C=O) groups is 2. The quantitative estimate of drug-likeness (QED) is 0.753. The van der Waals surface area contributed by atoms with Crippen LogP contribution in [0.2, 0.25) is 0 Å². The van der Waals surface area contributed by atoms with Gasteiger partial charge in [-0.3, -0.25) is 9.59 Å². The van der Waals surface area contributed by atoms with Crippen molar-refractivity contribution >= 4 is 11.8 Å². The van der Waals surface area contributed by atoms with Gasteiger partial charge >= 0.3 is 0 Å². The fraction of sp³-hybridized carbons (Fsp3) is 0.857. The van der Waals surface area contributed by atoms with Crippen molar-refractivity contribution in [3.05, 3.63) is 0 Å². The second-order valence-electron chi connectivity index (χ2n) is 5.99. The molecule has 5 nitrogen and oxygen atoms in total. The fourth-order valence-electron chi connectivity index (χ4n) is 3.69. The Kier molecular flexibility index (Phi) is 3.73. The highest BCUT2D eigenvalue weighted by atomic mass is 16.2. The van der Waals surface area contributed by atoms with Crippen LogP contribution in [0.4, 0.5) is 0 Å². The SMILES string of the molecule is O=C(NCC(=O)N1CCNCC1)C1C2CCCCC21. The highest BCUT2D eigenvalue weighted by Gasteiger charge is 2.54. The van der Waals surface area contributed by atoms with Crippen molar-refractivity contribution in [1.82, 2.24) is 15.5 Å². The van der Waals surface area contributed by atoms with Crippen LogP contribution in [0.3, 0.4) is 0 Å². The summed E-state index contributed by atoms with van der Waals surface area (Å²) in [5.74, 6) is 1.60. The number of nitrogens with zero attached hydrogens (tertiary/aromatic N) is 1. The van der Waals surface area contributed by atoms with Gasteiger partial charge in [-0.25, -0.2) is 0 Å². The molecule has 19 heavy (non-hydrogen) atoms. The molecule has 2 aliphatic carbocycles. The van der Waals surface area contributed by atoms with Crippen molar-refractivity contribution < 1.29 is 9.59 Å². The molecule has 3 aliphatic rings. The van der Waals surface area contributed by atoms with E-state index in [1.54, 1.807) is 0 Å². The number of fused-ring (bicyclic) bond motifs is 1. The van der Waals surface area contributed by atoms with Gasteiger partial charge in [0.15, 0.2) is 0 Å². The molecule has 0 radical (unpaired) electrons. The van der Waals surface area contributed by atoms with Crippen LogP contribution >= 0.6 is 0 Å². The highest BCUT2D eigenvalue weighted by molar-refractivity contribution is 5.87. The lowest BCUT2D eigenvalue weighted by Gasteiger charge is -2.27. The predicted octanol–water partition coefficient (Wildman–Crippen LogP) is -0.0294. The normalized spacial score (nSPS) is 33.5. The molecule has 1 heterocycles. The molecule has 0 aromatic carbocycles. The van der Waals surface area contributed by atoms with Gasteiger partial charge in [0.05, 0.1) is 6.54 Å². The van der Waals surface area contributed by atoms with Gasteiger partial charge in [0.1, 0.15) is 0 Å². The lowest BCUT2D eigenvalue weighted by Crippen LogP contribution is -2.49. The number of carbonyl (C=O) groups excluding carboxylic acids is 2. The second-order valence-corrected chi connectivity index (χ2v) is 5.99. The van der Waals surface area contributed by atoms with Gasteiger partial charge in [-0.15, -0.1) is 0 Å². The van der Waals surface area contributed by atoms with E-state index in [9.17, 15) is 9.59 Å². The van der Waals surface area contributed by atoms with E-state index in [0.29, 0.717) is 11.8 Å². The minimum atomic E-state index is 0.0541. The van der Waals surface area contributed by atoms with E-state index in [1.165, 1.54) is 25.7 Å². The van der Waals surface area contributed by atoms with Crippen molar-refractivity contribution in [1.29, 1.82) is 0 Å². The third kappa shape index (κ3) is 2.76. The van der Waals surface area contributed by atoms with Gasteiger partial charge in [0.25, 0.3) is 0 Å². The monoisotopic (exact) mass is 265 g/mol. The molecular formula is C14H23N3O2. The molecular weight excluding hydrogens is 242 g/mol. The molecule has 5 heteroatoms. The molecule has 2 amide bonds. The summed E-state index contributed by atoms with van der Waals surface area (Å²) < 4.78 is 0. The van der Waals surface area contributed by atoms with Crippen molar-refractivity contribution in [2.75, 3.05) is 32.7 Å². The Balaban J connectivity index is 1.42. The Morgan fingerprint density at radius 3 is 2.37 bits per heavy atom. The minimum absolute atomic E-state index is 0.0541. The number of piperazine rings is 1. The Bertz CT molecular complexity index is 354. The Labute approximate surface area is 114 Å². The summed E-state index contributed by atoms with van der Waals surface area (Å²) in [6, 6.07) is 0. The molecule has 0 bridgehead atoms. The van der Waals surface area contributed by atoms with Crippen LogP contribution in [-0.4, -0.2) is 49.4 Å². The van der Waals surface area contributed by atoms with Crippen LogP contribution in [0, 0.1) is 17.8 Å². The smallest absolute Gasteiger partial charge is 0.242 e. The molecule has 0 spiro atoms. The molecule has 2 atom stereocenters. The van der Waals surface area contributed by atoms with Gasteiger partial charge in [0, 0.05) is 32.1 Å². The summed E-state index contributed by atoms with van der Waals surface area (Å²) in [5.41, 5.74) is 0. The molecule has 2 saturated carbocycles. The summed E-state index contributed by atoms with van der Waals surface area (Å²) in [6.45, 7) is 3.39. The largest absolute Gasteiger partial charge is 0.347 e. The van der Waals surface area contributed by atoms with Crippen LogP contribution in [0.25, 0.3) is 0 Å². The summed E-state index contributed by atoms with van der Waals surface area (Å²) in [4.78, 5) is 25.8. The first-order valence-corrected chi connectivity index (χ1v) is 7.53. The van der Waals surface area contributed by atoms with Gasteiger partial charge in [0.2, 0.25) is 11.8 Å². The number of amides is 2. The van der Waals surface area contributed by atoms with E-state index in [2.05, 4.69) is 10.6 Å². The molecule has 1 aliphatic heterocycles. The zero-order chi connectivity index (χ0) is 13.2. The third-order valence-corrected chi connectivity index (χ3v) is 4.84. The molecule has 106 valence electrons. The summed E-state index contributed by atoms with van der Waals surface area (Å²) in [6.07, 6.45) is 4.94. The topological polar surface area (TPSA) is 61.4 Å². The van der Waals surface area contributed by atoms with Crippen molar-refractivity contribution in [3.8, 4) is 0 Å². The van der Waals surface area contributed by atoms with Crippen molar-refractivity contribution in [2.45, 2.75) is 25.7 Å². The van der Waals surface area contributed by atoms with Crippen LogP contribution < -0.4 is 10.6 Å². The maximum atomic E-state index is 12.1. The van der Waals surface area contributed by atoms with E-state index >= 15 is 0 Å². The molecule has 2 N–H and O–H groups in total.